The zero-order valence-electron chi connectivity index (χ0n) is 24.4. The van der Waals surface area contributed by atoms with Gasteiger partial charge in [-0.25, -0.2) is 0 Å². The van der Waals surface area contributed by atoms with Crippen LogP contribution >= 0.6 is 0 Å². The number of hydrogen-bond donors (Lipinski definition) is 0. The number of fused-ring (bicyclic) bond motifs is 2. The number of nitrogens with zero attached hydrogens (tertiary/aromatic N) is 2. The molecule has 0 saturated carbocycles. The Balaban J connectivity index is 1.45. The Morgan fingerprint density at radius 3 is 2.33 bits per heavy atom. The molecule has 4 nitrogen and oxygen atoms in total. The van der Waals surface area contributed by atoms with E-state index in [4.69, 9.17) is 4.43 Å². The third kappa shape index (κ3) is 6.65. The van der Waals surface area contributed by atoms with Crippen molar-refractivity contribution in [2.45, 2.75) is 58.2 Å². The van der Waals surface area contributed by atoms with Crippen molar-refractivity contribution in [1.82, 2.24) is 4.90 Å². The first-order valence-corrected chi connectivity index (χ1v) is 15.2. The van der Waals surface area contributed by atoms with Gasteiger partial charge in [-0.3, -0.25) is 4.79 Å². The van der Waals surface area contributed by atoms with Crippen molar-refractivity contribution in [2.75, 3.05) is 24.5 Å². The van der Waals surface area contributed by atoms with E-state index >= 15 is 0 Å². The van der Waals surface area contributed by atoms with Crippen LogP contribution in [-0.4, -0.2) is 45.8 Å². The number of rotatable bonds is 7. The van der Waals surface area contributed by atoms with Gasteiger partial charge in [-0.2, -0.15) is 0 Å². The molecule has 2 radical (unpaired) electrons. The molecule has 1 amide bonds. The molecule has 0 bridgehead atoms. The smallest absolute Gasteiger partial charge is 0.254 e. The summed E-state index contributed by atoms with van der Waals surface area (Å²) >= 11 is 0. The van der Waals surface area contributed by atoms with E-state index in [2.05, 4.69) is 100 Å². The Morgan fingerprint density at radius 1 is 0.825 bits per heavy atom. The summed E-state index contributed by atoms with van der Waals surface area (Å²) in [6.45, 7) is 14.0. The van der Waals surface area contributed by atoms with Gasteiger partial charge in [-0.15, -0.1) is 0 Å². The second-order valence-corrected chi connectivity index (χ2v) is 14.3. The van der Waals surface area contributed by atoms with E-state index < -0.39 is 0 Å². The van der Waals surface area contributed by atoms with E-state index in [0.29, 0.717) is 22.9 Å². The fourth-order valence-electron chi connectivity index (χ4n) is 5.21. The van der Waals surface area contributed by atoms with E-state index in [1.165, 1.54) is 22.4 Å². The van der Waals surface area contributed by atoms with Crippen LogP contribution in [0.15, 0.2) is 91.0 Å². The van der Waals surface area contributed by atoms with Crippen LogP contribution in [0.2, 0.25) is 5.04 Å². The summed E-state index contributed by atoms with van der Waals surface area (Å²) < 4.78 is 6.38. The summed E-state index contributed by atoms with van der Waals surface area (Å²) in [4.78, 5) is 18.5. The lowest BCUT2D eigenvalue weighted by Gasteiger charge is -2.33. The van der Waals surface area contributed by atoms with Crippen LogP contribution in [0.5, 0.6) is 0 Å². The lowest BCUT2D eigenvalue weighted by atomic mass is 10.00. The molecule has 1 aliphatic heterocycles. The minimum atomic E-state index is -0.222. The minimum Gasteiger partial charge on any atom is -0.412 e. The Hall–Kier alpha value is -3.41. The molecule has 4 aromatic rings. The van der Waals surface area contributed by atoms with Crippen LogP contribution < -0.4 is 4.90 Å². The maximum atomic E-state index is 14.0. The van der Waals surface area contributed by atoms with Crippen molar-refractivity contribution in [1.29, 1.82) is 0 Å². The fraction of sp³-hybridized carbons (Fsp3) is 0.343. The van der Waals surface area contributed by atoms with Gasteiger partial charge in [0.1, 0.15) is 0 Å². The van der Waals surface area contributed by atoms with Crippen molar-refractivity contribution < 1.29 is 9.22 Å². The number of benzene rings is 4. The number of carbonyl (C=O) groups is 1. The largest absolute Gasteiger partial charge is 0.412 e. The average Bonchev–Trinajstić information content (AvgIpc) is 3.13. The zero-order valence-corrected chi connectivity index (χ0v) is 25.4. The molecule has 4 aromatic carbocycles. The van der Waals surface area contributed by atoms with Gasteiger partial charge < -0.3 is 14.2 Å². The third-order valence-electron chi connectivity index (χ3n) is 7.45. The van der Waals surface area contributed by atoms with Gasteiger partial charge in [-0.05, 0) is 71.0 Å². The van der Waals surface area contributed by atoms with Crippen molar-refractivity contribution in [3.63, 3.8) is 0 Å². The van der Waals surface area contributed by atoms with Crippen molar-refractivity contribution in [3.8, 4) is 11.1 Å². The Labute approximate surface area is 241 Å². The van der Waals surface area contributed by atoms with E-state index in [1.807, 2.05) is 35.2 Å². The van der Waals surface area contributed by atoms with Gasteiger partial charge >= 0.3 is 0 Å². The van der Waals surface area contributed by atoms with Crippen LogP contribution in [0.25, 0.3) is 21.9 Å². The number of anilines is 1. The van der Waals surface area contributed by atoms with E-state index in [1.54, 1.807) is 0 Å². The summed E-state index contributed by atoms with van der Waals surface area (Å²) in [5.41, 5.74) is 5.30. The molecule has 5 rings (SSSR count). The second kappa shape index (κ2) is 11.6. The Bertz CT molecular complexity index is 1470. The molecule has 0 aromatic heterocycles. The molecule has 206 valence electrons. The molecule has 0 aliphatic carbocycles. The lowest BCUT2D eigenvalue weighted by molar-refractivity contribution is 0.0751. The van der Waals surface area contributed by atoms with Gasteiger partial charge in [0.25, 0.3) is 5.91 Å². The van der Waals surface area contributed by atoms with Gasteiger partial charge in [0, 0.05) is 37.4 Å². The van der Waals surface area contributed by atoms with Crippen LogP contribution in [0, 0.1) is 0 Å². The molecule has 0 N–H and O–H groups in total. The first-order valence-electron chi connectivity index (χ1n) is 14.3. The molecular formula is C35H40N2O2Si. The summed E-state index contributed by atoms with van der Waals surface area (Å²) in [5, 5.41) is 2.26. The predicted molar refractivity (Wildman–Crippen MR) is 168 cm³/mol. The third-order valence-corrected chi connectivity index (χ3v) is 8.72. The quantitative estimate of drug-likeness (QED) is 0.219. The van der Waals surface area contributed by atoms with Crippen molar-refractivity contribution in [2.24, 2.45) is 0 Å². The Morgan fingerprint density at radius 2 is 1.55 bits per heavy atom. The Kier molecular flexibility index (Phi) is 8.16. The molecule has 0 atom stereocenters. The van der Waals surface area contributed by atoms with E-state index in [9.17, 15) is 4.79 Å². The van der Waals surface area contributed by atoms with Crippen LogP contribution in [0.3, 0.4) is 0 Å². The molecule has 1 aliphatic rings. The molecule has 0 unspecified atom stereocenters. The average molecular weight is 549 g/mol. The first kappa shape index (κ1) is 28.1. The summed E-state index contributed by atoms with van der Waals surface area (Å²) in [7, 11) is 0.453. The molecule has 1 heterocycles. The predicted octanol–water partition coefficient (Wildman–Crippen LogP) is 7.99. The van der Waals surface area contributed by atoms with Crippen LogP contribution in [0.4, 0.5) is 5.69 Å². The van der Waals surface area contributed by atoms with Crippen LogP contribution in [0.1, 0.15) is 57.0 Å². The molecule has 0 fully saturated rings. The van der Waals surface area contributed by atoms with Gasteiger partial charge in [-0.1, -0.05) is 93.6 Å². The van der Waals surface area contributed by atoms with Gasteiger partial charge in [0.15, 0.2) is 0 Å². The zero-order chi connectivity index (χ0) is 28.3. The normalized spacial score (nSPS) is 14.2. The molecule has 40 heavy (non-hydrogen) atoms. The van der Waals surface area contributed by atoms with Crippen LogP contribution in [-0.2, 0) is 11.0 Å². The number of hydrogen-bond acceptors (Lipinski definition) is 3. The summed E-state index contributed by atoms with van der Waals surface area (Å²) in [6.07, 6.45) is 0.910. The fourth-order valence-corrected chi connectivity index (χ4v) is 5.90. The van der Waals surface area contributed by atoms with E-state index in [-0.39, 0.29) is 16.5 Å². The summed E-state index contributed by atoms with van der Waals surface area (Å²) in [5.74, 6) is 0.0877. The highest BCUT2D eigenvalue weighted by Gasteiger charge is 2.28. The number of carbonyl (C=O) groups excluding carboxylic acids is 1. The second-order valence-electron chi connectivity index (χ2n) is 12.4. The topological polar surface area (TPSA) is 32.8 Å². The maximum absolute atomic E-state index is 14.0. The molecule has 0 saturated heterocycles. The SMILES string of the molecule is CC(C)(CCN1CCN(C(=O)c2cccc3ccccc23)Cc2cc(-c3ccccc3)ccc21)O[Si]C(C)(C)C. The highest BCUT2D eigenvalue weighted by molar-refractivity contribution is 6.31. The molecular weight excluding hydrogens is 508 g/mol. The minimum absolute atomic E-state index is 0.0877. The van der Waals surface area contributed by atoms with Gasteiger partial charge in [0.2, 0.25) is 9.76 Å². The lowest BCUT2D eigenvalue weighted by Crippen LogP contribution is -2.38. The first-order chi connectivity index (χ1) is 19.1. The molecule has 0 spiro atoms. The van der Waals surface area contributed by atoms with E-state index in [0.717, 1.165) is 35.8 Å². The number of amides is 1. The maximum Gasteiger partial charge on any atom is 0.254 e. The van der Waals surface area contributed by atoms with Gasteiger partial charge in [0.05, 0.1) is 5.60 Å². The standard InChI is InChI=1S/C35H40N2O2Si/c1-34(2,3)40-39-35(4,5)20-21-36-22-23-37(33(38)31-17-11-15-27-14-9-10-16-30(27)31)25-29-24-28(18-19-32(29)36)26-12-7-6-8-13-26/h6-19,24H,20-23,25H2,1-5H3. The summed E-state index contributed by atoms with van der Waals surface area (Å²) in [6, 6.07) is 31.4. The highest BCUT2D eigenvalue weighted by atomic mass is 28.2. The highest BCUT2D eigenvalue weighted by Crippen LogP contribution is 2.33. The van der Waals surface area contributed by atoms with Crippen molar-refractivity contribution in [3.05, 3.63) is 102 Å². The van der Waals surface area contributed by atoms with Crippen molar-refractivity contribution >= 4 is 32.1 Å². The molecule has 5 heteroatoms. The monoisotopic (exact) mass is 548 g/mol.